The lowest BCUT2D eigenvalue weighted by Crippen LogP contribution is -2.18. The van der Waals surface area contributed by atoms with Crippen LogP contribution in [0, 0.1) is 5.92 Å². The molecule has 1 aliphatic heterocycles. The summed E-state index contributed by atoms with van der Waals surface area (Å²) in [6, 6.07) is 49.5. The van der Waals surface area contributed by atoms with Crippen molar-refractivity contribution in [2.75, 3.05) is 0 Å². The van der Waals surface area contributed by atoms with Crippen LogP contribution in [-0.2, 0) is 0 Å². The Hall–Kier alpha value is -6.13. The molecule has 4 heteroatoms. The molecule has 0 spiro atoms. The van der Waals surface area contributed by atoms with Gasteiger partial charge in [-0.15, -0.1) is 0 Å². The second kappa shape index (κ2) is 11.5. The Kier molecular flexibility index (Phi) is 6.63. The van der Waals surface area contributed by atoms with Crippen molar-refractivity contribution in [1.82, 2.24) is 4.98 Å². The highest BCUT2D eigenvalue weighted by Crippen LogP contribution is 2.39. The van der Waals surface area contributed by atoms with Crippen molar-refractivity contribution >= 4 is 76.7 Å². The molecule has 0 saturated heterocycles. The van der Waals surface area contributed by atoms with Crippen molar-refractivity contribution in [2.45, 2.75) is 25.8 Å². The summed E-state index contributed by atoms with van der Waals surface area (Å²) in [6.45, 7) is 2.34. The number of amidine groups is 1. The third kappa shape index (κ3) is 4.71. The molecular formula is C46H33N3O. The molecule has 0 fully saturated rings. The normalized spacial score (nSPS) is 19.1. The molecule has 0 aliphatic carbocycles. The first-order valence-electron chi connectivity index (χ1n) is 17.4. The van der Waals surface area contributed by atoms with Crippen molar-refractivity contribution in [3.8, 4) is 0 Å². The summed E-state index contributed by atoms with van der Waals surface area (Å²) in [7, 11) is 0. The van der Waals surface area contributed by atoms with Gasteiger partial charge in [0.1, 0.15) is 11.2 Å². The molecule has 2 atom stereocenters. The first-order chi connectivity index (χ1) is 24.7. The van der Waals surface area contributed by atoms with Crippen LogP contribution in [0.5, 0.6) is 0 Å². The van der Waals surface area contributed by atoms with E-state index in [1.54, 1.807) is 0 Å². The maximum Gasteiger partial charge on any atom is 0.155 e. The molecule has 0 N–H and O–H groups in total. The highest BCUT2D eigenvalue weighted by Gasteiger charge is 2.25. The number of para-hydroxylation sites is 1. The second-order valence-electron chi connectivity index (χ2n) is 13.6. The van der Waals surface area contributed by atoms with Crippen LogP contribution in [-0.4, -0.2) is 16.5 Å². The maximum atomic E-state index is 6.27. The number of aromatic nitrogens is 1. The largest absolute Gasteiger partial charge is 0.456 e. The zero-order chi connectivity index (χ0) is 33.2. The second-order valence-corrected chi connectivity index (χ2v) is 13.6. The fourth-order valence-electron chi connectivity index (χ4n) is 7.94. The van der Waals surface area contributed by atoms with E-state index < -0.39 is 0 Å². The molecule has 4 nitrogen and oxygen atoms in total. The lowest BCUT2D eigenvalue weighted by molar-refractivity contribution is 0.446. The minimum atomic E-state index is -0.0744. The fourth-order valence-corrected chi connectivity index (χ4v) is 7.94. The van der Waals surface area contributed by atoms with E-state index in [-0.39, 0.29) is 12.0 Å². The lowest BCUT2D eigenvalue weighted by Gasteiger charge is -2.25. The van der Waals surface area contributed by atoms with Gasteiger partial charge in [0.05, 0.1) is 17.3 Å². The Morgan fingerprint density at radius 1 is 0.580 bits per heavy atom. The molecule has 0 saturated carbocycles. The van der Waals surface area contributed by atoms with E-state index >= 15 is 0 Å². The van der Waals surface area contributed by atoms with Gasteiger partial charge in [-0.05, 0) is 87.1 Å². The van der Waals surface area contributed by atoms with Gasteiger partial charge in [0.15, 0.2) is 5.84 Å². The Bertz CT molecular complexity index is 2840. The fraction of sp³-hybridized carbons (Fsp3) is 0.109. The van der Waals surface area contributed by atoms with Crippen LogP contribution in [0.3, 0.4) is 0 Å². The molecule has 0 bridgehead atoms. The monoisotopic (exact) mass is 643 g/mol. The predicted molar refractivity (Wildman–Crippen MR) is 209 cm³/mol. The Morgan fingerprint density at radius 2 is 1.32 bits per heavy atom. The summed E-state index contributed by atoms with van der Waals surface area (Å²) in [5.74, 6) is 1.05. The standard InChI is InChI=1S/C46H33N3O/c1-28-13-23-39(31-8-3-2-4-9-31)48-46(35-21-16-29-14-17-32-18-19-33-10-7-25-47-45(33)42(32)37(29)27-35)49-44(28)34-20-15-30-22-24-41-43(38(30)26-34)36-11-5-6-12-40(36)50-41/h2-12,14-22,24-28,44H,13,23H2,1H3/b48-39+,49-46-. The van der Waals surface area contributed by atoms with Crippen molar-refractivity contribution in [3.05, 3.63) is 162 Å². The maximum absolute atomic E-state index is 6.27. The van der Waals surface area contributed by atoms with E-state index in [0.717, 1.165) is 79.1 Å². The third-order valence-electron chi connectivity index (χ3n) is 10.5. The molecule has 7 aromatic carbocycles. The molecule has 3 heterocycles. The SMILES string of the molecule is CC1CC/C(c2ccccc2)=N\C(c2ccc3ccc4ccc5cccnc5c4c3c2)=N/C1c1ccc2ccc3oc4ccccc4c3c2c1. The van der Waals surface area contributed by atoms with E-state index in [1.165, 1.54) is 27.1 Å². The average molecular weight is 644 g/mol. The summed E-state index contributed by atoms with van der Waals surface area (Å²) in [5, 5.41) is 10.5. The van der Waals surface area contributed by atoms with Gasteiger partial charge in [-0.3, -0.25) is 9.98 Å². The number of benzene rings is 7. The third-order valence-corrected chi connectivity index (χ3v) is 10.5. The van der Waals surface area contributed by atoms with Crippen LogP contribution >= 0.6 is 0 Å². The van der Waals surface area contributed by atoms with E-state index in [0.29, 0.717) is 0 Å². The van der Waals surface area contributed by atoms with Gasteiger partial charge in [0, 0.05) is 33.3 Å². The quantitative estimate of drug-likeness (QED) is 0.180. The van der Waals surface area contributed by atoms with Crippen molar-refractivity contribution in [2.24, 2.45) is 15.9 Å². The molecule has 2 unspecified atom stereocenters. The number of furan rings is 1. The van der Waals surface area contributed by atoms with Crippen LogP contribution in [0.2, 0.25) is 0 Å². The summed E-state index contributed by atoms with van der Waals surface area (Å²) in [6.07, 6.45) is 3.73. The molecular weight excluding hydrogens is 611 g/mol. The van der Waals surface area contributed by atoms with Gasteiger partial charge < -0.3 is 4.42 Å². The number of nitrogens with zero attached hydrogens (tertiary/aromatic N) is 3. The van der Waals surface area contributed by atoms with Crippen LogP contribution in [0.15, 0.2) is 160 Å². The molecule has 0 radical (unpaired) electrons. The van der Waals surface area contributed by atoms with Crippen molar-refractivity contribution in [1.29, 1.82) is 0 Å². The van der Waals surface area contributed by atoms with Gasteiger partial charge in [-0.25, -0.2) is 4.99 Å². The zero-order valence-electron chi connectivity index (χ0n) is 27.7. The number of pyridine rings is 1. The molecule has 10 rings (SSSR count). The van der Waals surface area contributed by atoms with Crippen LogP contribution in [0.1, 0.15) is 42.5 Å². The molecule has 2 aromatic heterocycles. The zero-order valence-corrected chi connectivity index (χ0v) is 27.7. The van der Waals surface area contributed by atoms with E-state index in [2.05, 4.69) is 128 Å². The predicted octanol–water partition coefficient (Wildman–Crippen LogP) is 12.0. The minimum Gasteiger partial charge on any atom is -0.456 e. The Morgan fingerprint density at radius 3 is 2.22 bits per heavy atom. The van der Waals surface area contributed by atoms with Crippen molar-refractivity contribution < 1.29 is 4.42 Å². The summed E-state index contributed by atoms with van der Waals surface area (Å²) >= 11 is 0. The minimum absolute atomic E-state index is 0.0744. The summed E-state index contributed by atoms with van der Waals surface area (Å²) in [4.78, 5) is 15.9. The molecule has 50 heavy (non-hydrogen) atoms. The van der Waals surface area contributed by atoms with Crippen molar-refractivity contribution in [3.63, 3.8) is 0 Å². The Labute approximate surface area is 289 Å². The lowest BCUT2D eigenvalue weighted by atomic mass is 9.87. The number of fused-ring (bicyclic) bond motifs is 10. The van der Waals surface area contributed by atoms with Gasteiger partial charge in [-0.2, -0.15) is 0 Å². The van der Waals surface area contributed by atoms with Gasteiger partial charge in [-0.1, -0.05) is 116 Å². The summed E-state index contributed by atoms with van der Waals surface area (Å²) < 4.78 is 6.27. The van der Waals surface area contributed by atoms with E-state index in [1.807, 2.05) is 24.4 Å². The number of hydrogen-bond donors (Lipinski definition) is 0. The Balaban J connectivity index is 1.20. The highest BCUT2D eigenvalue weighted by molar-refractivity contribution is 6.21. The van der Waals surface area contributed by atoms with Crippen LogP contribution < -0.4 is 0 Å². The topological polar surface area (TPSA) is 50.8 Å². The van der Waals surface area contributed by atoms with E-state index in [4.69, 9.17) is 19.4 Å². The van der Waals surface area contributed by atoms with E-state index in [9.17, 15) is 0 Å². The number of aliphatic imine (C=N–C) groups is 2. The highest BCUT2D eigenvalue weighted by atomic mass is 16.3. The number of rotatable bonds is 3. The average Bonchev–Trinajstić information content (AvgIpc) is 3.56. The first-order valence-corrected chi connectivity index (χ1v) is 17.4. The van der Waals surface area contributed by atoms with Gasteiger partial charge >= 0.3 is 0 Å². The van der Waals surface area contributed by atoms with Gasteiger partial charge in [0.25, 0.3) is 0 Å². The first kappa shape index (κ1) is 28.8. The molecule has 9 aromatic rings. The smallest absolute Gasteiger partial charge is 0.155 e. The number of hydrogen-bond acceptors (Lipinski definition) is 4. The van der Waals surface area contributed by atoms with Gasteiger partial charge in [0.2, 0.25) is 0 Å². The molecule has 238 valence electrons. The summed E-state index contributed by atoms with van der Waals surface area (Å²) in [5.41, 5.74) is 7.26. The molecule has 1 aliphatic rings. The molecule has 0 amide bonds. The van der Waals surface area contributed by atoms with Crippen LogP contribution in [0.4, 0.5) is 0 Å². The van der Waals surface area contributed by atoms with Crippen LogP contribution in [0.25, 0.3) is 65.2 Å².